The van der Waals surface area contributed by atoms with Crippen LogP contribution < -0.4 is 15.5 Å². The van der Waals surface area contributed by atoms with E-state index >= 15 is 0 Å². The van der Waals surface area contributed by atoms with Gasteiger partial charge >= 0.3 is 0 Å². The molecule has 0 unspecified atom stereocenters. The first kappa shape index (κ1) is 19.6. The lowest BCUT2D eigenvalue weighted by Crippen LogP contribution is -2.30. The number of nitrogens with one attached hydrogen (secondary N) is 2. The number of carbonyl (C=O) groups is 1. The highest BCUT2D eigenvalue weighted by Gasteiger charge is 2.17. The van der Waals surface area contributed by atoms with Crippen molar-refractivity contribution in [3.05, 3.63) is 58.4 Å². The van der Waals surface area contributed by atoms with E-state index in [1.807, 2.05) is 0 Å². The molecule has 2 N–H and O–H groups in total. The van der Waals surface area contributed by atoms with E-state index in [2.05, 4.69) is 15.5 Å². The molecule has 1 heterocycles. The first-order valence-electron chi connectivity index (χ1n) is 9.36. The summed E-state index contributed by atoms with van der Waals surface area (Å²) >= 11 is 0. The van der Waals surface area contributed by atoms with E-state index in [4.69, 9.17) is 0 Å². The highest BCUT2D eigenvalue weighted by Crippen LogP contribution is 2.29. The third-order valence-corrected chi connectivity index (χ3v) is 4.70. The second-order valence-corrected chi connectivity index (χ2v) is 6.71. The average Bonchev–Trinajstić information content (AvgIpc) is 2.69. The molecule has 0 aliphatic carbocycles. The highest BCUT2D eigenvalue weighted by atomic mass is 19.1. The fourth-order valence-corrected chi connectivity index (χ4v) is 3.32. The molecule has 2 aromatic carbocycles. The number of anilines is 3. The number of nitrogens with zero attached hydrogens (tertiary/aromatic N) is 2. The van der Waals surface area contributed by atoms with Crippen LogP contribution >= 0.6 is 0 Å². The smallest absolute Gasteiger partial charge is 0.292 e. The quantitative estimate of drug-likeness (QED) is 0.551. The van der Waals surface area contributed by atoms with E-state index < -0.39 is 10.7 Å². The van der Waals surface area contributed by atoms with E-state index in [1.165, 1.54) is 24.6 Å². The zero-order valence-corrected chi connectivity index (χ0v) is 15.5. The standard InChI is InChI=1S/C20H23FN4O3/c21-15-8-9-18(24-12-4-1-5-13-24)17(14-15)23-20(26)10-11-22-16-6-2-3-7-19(16)25(27)28/h2-3,6-9,14,22H,1,4-5,10-13H2,(H,23,26). The average molecular weight is 386 g/mol. The van der Waals surface area contributed by atoms with Crippen molar-refractivity contribution in [1.29, 1.82) is 0 Å². The third-order valence-electron chi connectivity index (χ3n) is 4.70. The molecule has 1 saturated heterocycles. The first-order chi connectivity index (χ1) is 13.5. The molecule has 3 rings (SSSR count). The zero-order valence-electron chi connectivity index (χ0n) is 15.5. The molecule has 28 heavy (non-hydrogen) atoms. The summed E-state index contributed by atoms with van der Waals surface area (Å²) < 4.78 is 13.7. The van der Waals surface area contributed by atoms with Gasteiger partial charge in [-0.3, -0.25) is 14.9 Å². The minimum absolute atomic E-state index is 0.0413. The van der Waals surface area contributed by atoms with Gasteiger partial charge in [0.2, 0.25) is 5.91 Å². The van der Waals surface area contributed by atoms with Gasteiger partial charge in [0, 0.05) is 32.1 Å². The Morgan fingerprint density at radius 3 is 2.61 bits per heavy atom. The SMILES string of the molecule is O=C(CCNc1ccccc1[N+](=O)[O-])Nc1cc(F)ccc1N1CCCCC1. The van der Waals surface area contributed by atoms with Crippen LogP contribution in [0.2, 0.25) is 0 Å². The second-order valence-electron chi connectivity index (χ2n) is 6.71. The van der Waals surface area contributed by atoms with Crippen molar-refractivity contribution in [3.63, 3.8) is 0 Å². The summed E-state index contributed by atoms with van der Waals surface area (Å²) in [4.78, 5) is 25.1. The number of hydrogen-bond donors (Lipinski definition) is 2. The Kier molecular flexibility index (Phi) is 6.41. The summed E-state index contributed by atoms with van der Waals surface area (Å²) in [5.41, 5.74) is 1.60. The van der Waals surface area contributed by atoms with Gasteiger partial charge in [-0.25, -0.2) is 4.39 Å². The molecule has 1 fully saturated rings. The van der Waals surface area contributed by atoms with Gasteiger partial charge in [-0.1, -0.05) is 12.1 Å². The van der Waals surface area contributed by atoms with E-state index in [1.54, 1.807) is 24.3 Å². The Bertz CT molecular complexity index is 853. The van der Waals surface area contributed by atoms with Crippen LogP contribution in [-0.2, 0) is 4.79 Å². The van der Waals surface area contributed by atoms with Gasteiger partial charge in [-0.2, -0.15) is 0 Å². The van der Waals surface area contributed by atoms with Gasteiger partial charge in [0.1, 0.15) is 11.5 Å². The predicted octanol–water partition coefficient (Wildman–Crippen LogP) is 4.16. The monoisotopic (exact) mass is 386 g/mol. The fourth-order valence-electron chi connectivity index (χ4n) is 3.32. The lowest BCUT2D eigenvalue weighted by atomic mass is 10.1. The van der Waals surface area contributed by atoms with Gasteiger partial charge in [0.25, 0.3) is 5.69 Å². The number of para-hydroxylation sites is 2. The van der Waals surface area contributed by atoms with Gasteiger partial charge in [0.05, 0.1) is 16.3 Å². The second kappa shape index (κ2) is 9.16. The van der Waals surface area contributed by atoms with E-state index in [0.29, 0.717) is 11.4 Å². The van der Waals surface area contributed by atoms with Gasteiger partial charge in [0.15, 0.2) is 0 Å². The molecule has 0 saturated carbocycles. The van der Waals surface area contributed by atoms with Crippen molar-refractivity contribution in [2.45, 2.75) is 25.7 Å². The Morgan fingerprint density at radius 1 is 1.11 bits per heavy atom. The number of rotatable bonds is 7. The Hall–Kier alpha value is -3.16. The van der Waals surface area contributed by atoms with Crippen molar-refractivity contribution in [3.8, 4) is 0 Å². The van der Waals surface area contributed by atoms with Gasteiger partial charge < -0.3 is 15.5 Å². The minimum Gasteiger partial charge on any atom is -0.379 e. The van der Waals surface area contributed by atoms with Crippen molar-refractivity contribution < 1.29 is 14.1 Å². The summed E-state index contributed by atoms with van der Waals surface area (Å²) in [6.07, 6.45) is 3.42. The van der Waals surface area contributed by atoms with E-state index in [9.17, 15) is 19.3 Å². The maximum absolute atomic E-state index is 13.7. The Labute approximate surface area is 162 Å². The summed E-state index contributed by atoms with van der Waals surface area (Å²) in [5, 5.41) is 16.7. The molecular weight excluding hydrogens is 363 g/mol. The normalized spacial score (nSPS) is 13.8. The van der Waals surface area contributed by atoms with Gasteiger partial charge in [-0.15, -0.1) is 0 Å². The van der Waals surface area contributed by atoms with Crippen molar-refractivity contribution in [1.82, 2.24) is 0 Å². The summed E-state index contributed by atoms with van der Waals surface area (Å²) in [6, 6.07) is 10.7. The third kappa shape index (κ3) is 4.97. The molecule has 0 atom stereocenters. The molecule has 1 amide bonds. The molecule has 7 nitrogen and oxygen atoms in total. The number of amides is 1. The van der Waals surface area contributed by atoms with Crippen LogP contribution in [-0.4, -0.2) is 30.5 Å². The zero-order chi connectivity index (χ0) is 19.9. The topological polar surface area (TPSA) is 87.5 Å². The summed E-state index contributed by atoms with van der Waals surface area (Å²) in [5.74, 6) is -0.691. The number of piperidine rings is 1. The molecule has 1 aliphatic heterocycles. The number of carbonyl (C=O) groups excluding carboxylic acids is 1. The number of hydrogen-bond acceptors (Lipinski definition) is 5. The van der Waals surface area contributed by atoms with Crippen LogP contribution in [0.15, 0.2) is 42.5 Å². The molecule has 0 aromatic heterocycles. The van der Waals surface area contributed by atoms with E-state index in [-0.39, 0.29) is 24.6 Å². The molecule has 148 valence electrons. The maximum Gasteiger partial charge on any atom is 0.292 e. The number of nitro groups is 1. The molecule has 0 radical (unpaired) electrons. The van der Waals surface area contributed by atoms with Crippen LogP contribution in [0.4, 0.5) is 27.1 Å². The van der Waals surface area contributed by atoms with Crippen LogP contribution in [0.3, 0.4) is 0 Å². The highest BCUT2D eigenvalue weighted by molar-refractivity contribution is 5.94. The number of nitro benzene ring substituents is 1. The van der Waals surface area contributed by atoms with Crippen molar-refractivity contribution in [2.24, 2.45) is 0 Å². The largest absolute Gasteiger partial charge is 0.379 e. The molecule has 0 bridgehead atoms. The maximum atomic E-state index is 13.7. The molecule has 8 heteroatoms. The van der Waals surface area contributed by atoms with Crippen molar-refractivity contribution >= 4 is 28.7 Å². The molecular formula is C20H23FN4O3. The lowest BCUT2D eigenvalue weighted by Gasteiger charge is -2.30. The summed E-state index contributed by atoms with van der Waals surface area (Å²) in [6.45, 7) is 1.99. The van der Waals surface area contributed by atoms with Crippen molar-refractivity contribution in [2.75, 3.05) is 35.2 Å². The molecule has 0 spiro atoms. The minimum atomic E-state index is -0.472. The number of benzene rings is 2. The van der Waals surface area contributed by atoms with Crippen LogP contribution in [0.5, 0.6) is 0 Å². The van der Waals surface area contributed by atoms with Gasteiger partial charge in [-0.05, 0) is 43.5 Å². The van der Waals surface area contributed by atoms with Crippen LogP contribution in [0, 0.1) is 15.9 Å². The molecule has 1 aliphatic rings. The summed E-state index contributed by atoms with van der Waals surface area (Å²) in [7, 11) is 0. The lowest BCUT2D eigenvalue weighted by molar-refractivity contribution is -0.384. The van der Waals surface area contributed by atoms with Crippen LogP contribution in [0.25, 0.3) is 0 Å². The fraction of sp³-hybridized carbons (Fsp3) is 0.350. The van der Waals surface area contributed by atoms with E-state index in [0.717, 1.165) is 31.6 Å². The first-order valence-corrected chi connectivity index (χ1v) is 9.36. The Balaban J connectivity index is 1.61. The van der Waals surface area contributed by atoms with Crippen LogP contribution in [0.1, 0.15) is 25.7 Å². The molecule has 2 aromatic rings. The number of halogens is 1. The Morgan fingerprint density at radius 2 is 1.86 bits per heavy atom. The predicted molar refractivity (Wildman–Crippen MR) is 107 cm³/mol.